The lowest BCUT2D eigenvalue weighted by Crippen LogP contribution is -1.99. The molecule has 0 aliphatic carbocycles. The molecule has 2 aromatic rings. The summed E-state index contributed by atoms with van der Waals surface area (Å²) in [5.41, 5.74) is 2.11. The molecule has 0 bridgehead atoms. The van der Waals surface area contributed by atoms with Gasteiger partial charge in [0.2, 0.25) is 0 Å². The average molecular weight is 214 g/mol. The lowest BCUT2D eigenvalue weighted by Gasteiger charge is -2.01. The van der Waals surface area contributed by atoms with Crippen LogP contribution in [0.15, 0.2) is 43.0 Å². The first-order chi connectivity index (χ1) is 7.75. The van der Waals surface area contributed by atoms with Crippen molar-refractivity contribution in [2.24, 2.45) is 0 Å². The van der Waals surface area contributed by atoms with Gasteiger partial charge in [0.15, 0.2) is 0 Å². The summed E-state index contributed by atoms with van der Waals surface area (Å²) in [6.07, 6.45) is 7.11. The highest BCUT2D eigenvalue weighted by atomic mass is 16.4. The van der Waals surface area contributed by atoms with Crippen molar-refractivity contribution in [1.29, 1.82) is 0 Å². The van der Waals surface area contributed by atoms with E-state index < -0.39 is 5.97 Å². The van der Waals surface area contributed by atoms with E-state index in [2.05, 4.69) is 9.97 Å². The highest BCUT2D eigenvalue weighted by Crippen LogP contribution is 2.09. The predicted octanol–water partition coefficient (Wildman–Crippen LogP) is 1.77. The fourth-order valence-electron chi connectivity index (χ4n) is 1.44. The second-order valence-corrected chi connectivity index (χ2v) is 3.43. The molecule has 2 heterocycles. The molecular formula is C12H10N2O2. The monoisotopic (exact) mass is 214 g/mol. The summed E-state index contributed by atoms with van der Waals surface area (Å²) in [6, 6.07) is 5.42. The zero-order chi connectivity index (χ0) is 11.4. The van der Waals surface area contributed by atoms with Crippen LogP contribution in [0.2, 0.25) is 0 Å². The van der Waals surface area contributed by atoms with Crippen LogP contribution in [0.3, 0.4) is 0 Å². The number of nitrogens with zero attached hydrogens (tertiary/aromatic N) is 2. The molecule has 0 unspecified atom stereocenters. The highest BCUT2D eigenvalue weighted by Gasteiger charge is 2.04. The van der Waals surface area contributed by atoms with E-state index in [-0.39, 0.29) is 5.56 Å². The van der Waals surface area contributed by atoms with Crippen molar-refractivity contribution < 1.29 is 9.90 Å². The first-order valence-corrected chi connectivity index (χ1v) is 4.82. The van der Waals surface area contributed by atoms with Gasteiger partial charge < -0.3 is 5.11 Å². The van der Waals surface area contributed by atoms with Crippen molar-refractivity contribution in [2.75, 3.05) is 0 Å². The molecule has 4 nitrogen and oxygen atoms in total. The second kappa shape index (κ2) is 4.53. The lowest BCUT2D eigenvalue weighted by atomic mass is 10.1. The van der Waals surface area contributed by atoms with Crippen molar-refractivity contribution in [3.63, 3.8) is 0 Å². The summed E-state index contributed by atoms with van der Waals surface area (Å²) in [5, 5.41) is 8.82. The molecule has 0 saturated carbocycles. The van der Waals surface area contributed by atoms with Gasteiger partial charge in [0.25, 0.3) is 0 Å². The number of pyridine rings is 2. The zero-order valence-electron chi connectivity index (χ0n) is 8.50. The summed E-state index contributed by atoms with van der Waals surface area (Å²) in [4.78, 5) is 18.7. The number of hydrogen-bond acceptors (Lipinski definition) is 3. The van der Waals surface area contributed by atoms with Crippen molar-refractivity contribution in [3.8, 4) is 0 Å². The van der Waals surface area contributed by atoms with Crippen LogP contribution < -0.4 is 0 Å². The fraction of sp³-hybridized carbons (Fsp3) is 0.0833. The second-order valence-electron chi connectivity index (χ2n) is 3.43. The predicted molar refractivity (Wildman–Crippen MR) is 58.2 cm³/mol. The first-order valence-electron chi connectivity index (χ1n) is 4.82. The summed E-state index contributed by atoms with van der Waals surface area (Å²) in [7, 11) is 0. The fourth-order valence-corrected chi connectivity index (χ4v) is 1.44. The van der Waals surface area contributed by atoms with Crippen molar-refractivity contribution in [2.45, 2.75) is 6.42 Å². The molecule has 0 atom stereocenters. The molecule has 2 rings (SSSR count). The van der Waals surface area contributed by atoms with Crippen LogP contribution in [0, 0.1) is 0 Å². The minimum Gasteiger partial charge on any atom is -0.478 e. The molecule has 0 saturated heterocycles. The molecule has 0 aliphatic heterocycles. The smallest absolute Gasteiger partial charge is 0.337 e. The van der Waals surface area contributed by atoms with Crippen molar-refractivity contribution >= 4 is 5.97 Å². The highest BCUT2D eigenvalue weighted by molar-refractivity contribution is 5.87. The Bertz CT molecular complexity index is 497. The largest absolute Gasteiger partial charge is 0.478 e. The summed E-state index contributed by atoms with van der Waals surface area (Å²) in [6.45, 7) is 0. The van der Waals surface area contributed by atoms with Gasteiger partial charge in [-0.3, -0.25) is 9.97 Å². The van der Waals surface area contributed by atoms with Gasteiger partial charge in [-0.1, -0.05) is 6.07 Å². The van der Waals surface area contributed by atoms with E-state index in [4.69, 9.17) is 5.11 Å². The Morgan fingerprint density at radius 2 is 2.00 bits per heavy atom. The van der Waals surface area contributed by atoms with E-state index in [0.717, 1.165) is 11.1 Å². The van der Waals surface area contributed by atoms with Crippen LogP contribution in [-0.4, -0.2) is 21.0 Å². The summed E-state index contributed by atoms with van der Waals surface area (Å²) in [5.74, 6) is -0.958. The van der Waals surface area contributed by atoms with Gasteiger partial charge in [0.1, 0.15) is 0 Å². The van der Waals surface area contributed by atoms with Crippen molar-refractivity contribution in [3.05, 3.63) is 59.7 Å². The van der Waals surface area contributed by atoms with E-state index in [9.17, 15) is 4.79 Å². The Labute approximate surface area is 92.6 Å². The number of carbonyl (C=O) groups is 1. The maximum atomic E-state index is 10.8. The van der Waals surface area contributed by atoms with Crippen LogP contribution in [0.4, 0.5) is 0 Å². The van der Waals surface area contributed by atoms with Crippen LogP contribution in [0.1, 0.15) is 21.5 Å². The van der Waals surface area contributed by atoms with Gasteiger partial charge in [-0.15, -0.1) is 0 Å². The molecular weight excluding hydrogens is 204 g/mol. The third kappa shape index (κ3) is 2.42. The molecule has 0 radical (unpaired) electrons. The number of carboxylic acids is 1. The minimum absolute atomic E-state index is 0.210. The first kappa shape index (κ1) is 10.3. The van der Waals surface area contributed by atoms with Crippen LogP contribution in [-0.2, 0) is 6.42 Å². The molecule has 0 aromatic carbocycles. The normalized spacial score (nSPS) is 10.0. The lowest BCUT2D eigenvalue weighted by molar-refractivity contribution is 0.0696. The van der Waals surface area contributed by atoms with Crippen molar-refractivity contribution in [1.82, 2.24) is 9.97 Å². The molecule has 0 spiro atoms. The van der Waals surface area contributed by atoms with Crippen LogP contribution in [0.5, 0.6) is 0 Å². The standard InChI is InChI=1S/C12H10N2O2/c15-12(16)11-5-10(7-14-8-11)4-9-2-1-3-13-6-9/h1-3,5-8H,4H2,(H,15,16). The molecule has 2 aromatic heterocycles. The Morgan fingerprint density at radius 1 is 1.19 bits per heavy atom. The molecule has 0 fully saturated rings. The molecule has 0 amide bonds. The number of rotatable bonds is 3. The van der Waals surface area contributed by atoms with Crippen LogP contribution in [0.25, 0.3) is 0 Å². The number of aromatic nitrogens is 2. The number of aromatic carboxylic acids is 1. The molecule has 1 N–H and O–H groups in total. The van der Waals surface area contributed by atoms with Crippen LogP contribution >= 0.6 is 0 Å². The van der Waals surface area contributed by atoms with Gasteiger partial charge in [0, 0.05) is 31.2 Å². The Balaban J connectivity index is 2.22. The quantitative estimate of drug-likeness (QED) is 0.845. The Hall–Kier alpha value is -2.23. The van der Waals surface area contributed by atoms with E-state index in [1.54, 1.807) is 24.7 Å². The van der Waals surface area contributed by atoms with Gasteiger partial charge in [0.05, 0.1) is 5.56 Å². The molecule has 16 heavy (non-hydrogen) atoms. The summed E-state index contributed by atoms with van der Waals surface area (Å²) < 4.78 is 0. The molecule has 0 aliphatic rings. The zero-order valence-corrected chi connectivity index (χ0v) is 8.50. The molecule has 80 valence electrons. The minimum atomic E-state index is -0.958. The van der Waals surface area contributed by atoms with Gasteiger partial charge in [-0.2, -0.15) is 0 Å². The summed E-state index contributed by atoms with van der Waals surface area (Å²) >= 11 is 0. The van der Waals surface area contributed by atoms with Gasteiger partial charge >= 0.3 is 5.97 Å². The topological polar surface area (TPSA) is 63.1 Å². The number of carboxylic acid groups (broad SMARTS) is 1. The average Bonchev–Trinajstić information content (AvgIpc) is 2.30. The SMILES string of the molecule is O=C(O)c1cncc(Cc2cccnc2)c1. The maximum absolute atomic E-state index is 10.8. The third-order valence-corrected chi connectivity index (χ3v) is 2.17. The molecule has 4 heteroatoms. The Morgan fingerprint density at radius 3 is 2.69 bits per heavy atom. The van der Waals surface area contributed by atoms with E-state index in [1.807, 2.05) is 12.1 Å². The number of hydrogen-bond donors (Lipinski definition) is 1. The van der Waals surface area contributed by atoms with Gasteiger partial charge in [-0.25, -0.2) is 4.79 Å². The van der Waals surface area contributed by atoms with Gasteiger partial charge in [-0.05, 0) is 23.3 Å². The maximum Gasteiger partial charge on any atom is 0.337 e. The van der Waals surface area contributed by atoms with E-state index >= 15 is 0 Å². The van der Waals surface area contributed by atoms with E-state index in [0.29, 0.717) is 6.42 Å². The third-order valence-electron chi connectivity index (χ3n) is 2.17. The Kier molecular flexibility index (Phi) is 2.91. The van der Waals surface area contributed by atoms with E-state index in [1.165, 1.54) is 6.20 Å².